The number of aliphatic carboxylic acids is 1. The van der Waals surface area contributed by atoms with E-state index < -0.39 is 5.97 Å². The normalized spacial score (nSPS) is 24.4. The zero-order valence-corrected chi connectivity index (χ0v) is 23.2. The highest BCUT2D eigenvalue weighted by atomic mass is 35.5. The Hall–Kier alpha value is -1.95. The summed E-state index contributed by atoms with van der Waals surface area (Å²) in [7, 11) is 0. The molecule has 2 aromatic rings. The third-order valence-electron chi connectivity index (χ3n) is 9.48. The number of carboxylic acid groups (broad SMARTS) is 1. The summed E-state index contributed by atoms with van der Waals surface area (Å²) < 4.78 is 13.3. The summed E-state index contributed by atoms with van der Waals surface area (Å²) in [4.78, 5) is 17.2. The fraction of sp³-hybridized carbons (Fsp3) is 0.594. The van der Waals surface area contributed by atoms with Crippen molar-refractivity contribution in [1.82, 2.24) is 9.80 Å². The maximum absolute atomic E-state index is 13.3. The van der Waals surface area contributed by atoms with Gasteiger partial charge >= 0.3 is 5.97 Å². The van der Waals surface area contributed by atoms with E-state index in [1.54, 1.807) is 0 Å². The Labute approximate surface area is 232 Å². The van der Waals surface area contributed by atoms with Gasteiger partial charge in [0, 0.05) is 30.6 Å². The predicted molar refractivity (Wildman–Crippen MR) is 151 cm³/mol. The van der Waals surface area contributed by atoms with Crippen molar-refractivity contribution in [2.75, 3.05) is 32.7 Å². The molecule has 2 heterocycles. The smallest absolute Gasteiger partial charge is 0.320 e. The van der Waals surface area contributed by atoms with E-state index in [4.69, 9.17) is 11.6 Å². The second-order valence-electron chi connectivity index (χ2n) is 12.0. The lowest BCUT2D eigenvalue weighted by Crippen LogP contribution is -2.43. The van der Waals surface area contributed by atoms with Crippen molar-refractivity contribution in [3.05, 3.63) is 70.5 Å². The van der Waals surface area contributed by atoms with Crippen LogP contribution in [0.2, 0.25) is 5.02 Å². The van der Waals surface area contributed by atoms with Crippen LogP contribution in [0, 0.1) is 23.6 Å². The third-order valence-corrected chi connectivity index (χ3v) is 9.83. The van der Waals surface area contributed by atoms with Gasteiger partial charge < -0.3 is 10.0 Å². The minimum Gasteiger partial charge on any atom is -0.480 e. The standard InChI is InChI=1S/C32H42ClFN2O2/c33-30-19-28(34)13-12-26(30)11-5-6-23-14-16-35(17-15-23)20-27-21-36(22-29(27)25-9-2-1-3-10-25)31(32(37)38)18-24-7-4-8-24/h1-3,9-10,12-13,19,23-24,27,29,31H,4-8,11,14-18,20-22H2,(H,37,38). The summed E-state index contributed by atoms with van der Waals surface area (Å²) in [5, 5.41) is 10.6. The molecule has 6 heteroatoms. The summed E-state index contributed by atoms with van der Waals surface area (Å²) in [5.74, 6) is 1.24. The van der Waals surface area contributed by atoms with Crippen molar-refractivity contribution < 1.29 is 14.3 Å². The molecule has 206 valence electrons. The van der Waals surface area contributed by atoms with Gasteiger partial charge in [-0.3, -0.25) is 9.69 Å². The molecule has 0 amide bonds. The van der Waals surface area contributed by atoms with Crippen molar-refractivity contribution in [1.29, 1.82) is 0 Å². The quantitative estimate of drug-likeness (QED) is 0.337. The van der Waals surface area contributed by atoms with Crippen LogP contribution < -0.4 is 0 Å². The van der Waals surface area contributed by atoms with Crippen molar-refractivity contribution in [3.8, 4) is 0 Å². The SMILES string of the molecule is O=C(O)C(CC1CCC1)N1CC(CN2CCC(CCCc3ccc(F)cc3Cl)CC2)C(c2ccccc2)C1. The first-order valence-electron chi connectivity index (χ1n) is 14.6. The Morgan fingerprint density at radius 3 is 2.45 bits per heavy atom. The number of hydrogen-bond donors (Lipinski definition) is 1. The number of nitrogens with zero attached hydrogens (tertiary/aromatic N) is 2. The number of likely N-dealkylation sites (tertiary alicyclic amines) is 2. The maximum atomic E-state index is 13.3. The maximum Gasteiger partial charge on any atom is 0.320 e. The first-order valence-corrected chi connectivity index (χ1v) is 15.0. The monoisotopic (exact) mass is 540 g/mol. The average Bonchev–Trinajstić information content (AvgIpc) is 3.29. The molecule has 2 aliphatic heterocycles. The minimum absolute atomic E-state index is 0.275. The molecule has 3 aliphatic rings. The molecule has 1 aliphatic carbocycles. The van der Waals surface area contributed by atoms with Crippen molar-refractivity contribution in [2.45, 2.75) is 69.7 Å². The van der Waals surface area contributed by atoms with Crippen LogP contribution in [0.5, 0.6) is 0 Å². The van der Waals surface area contributed by atoms with Gasteiger partial charge in [0.25, 0.3) is 0 Å². The van der Waals surface area contributed by atoms with Crippen molar-refractivity contribution in [2.24, 2.45) is 17.8 Å². The van der Waals surface area contributed by atoms with E-state index in [9.17, 15) is 14.3 Å². The Bertz CT molecular complexity index is 1050. The van der Waals surface area contributed by atoms with Crippen LogP contribution in [0.1, 0.15) is 68.4 Å². The van der Waals surface area contributed by atoms with Gasteiger partial charge in [0.1, 0.15) is 11.9 Å². The largest absolute Gasteiger partial charge is 0.480 e. The molecule has 3 fully saturated rings. The molecule has 0 spiro atoms. The fourth-order valence-corrected chi connectivity index (χ4v) is 7.23. The highest BCUT2D eigenvalue weighted by Gasteiger charge is 2.41. The number of piperidine rings is 1. The van der Waals surface area contributed by atoms with Crippen LogP contribution in [0.15, 0.2) is 48.5 Å². The molecule has 5 rings (SSSR count). The van der Waals surface area contributed by atoms with E-state index >= 15 is 0 Å². The first kappa shape index (κ1) is 27.6. The van der Waals surface area contributed by atoms with E-state index in [0.717, 1.165) is 63.5 Å². The van der Waals surface area contributed by atoms with Gasteiger partial charge in [-0.05, 0) is 86.2 Å². The molecule has 3 unspecified atom stereocenters. The molecule has 2 saturated heterocycles. The topological polar surface area (TPSA) is 43.8 Å². The van der Waals surface area contributed by atoms with Crippen LogP contribution in [-0.4, -0.2) is 59.6 Å². The molecule has 1 saturated carbocycles. The number of rotatable bonds is 11. The lowest BCUT2D eigenvalue weighted by molar-refractivity contribution is -0.144. The summed E-state index contributed by atoms with van der Waals surface area (Å²) in [6.45, 7) is 5.00. The lowest BCUT2D eigenvalue weighted by atomic mass is 9.80. The molecule has 4 nitrogen and oxygen atoms in total. The average molecular weight is 541 g/mol. The number of carboxylic acids is 1. The van der Waals surface area contributed by atoms with Gasteiger partial charge in [0.15, 0.2) is 0 Å². The summed E-state index contributed by atoms with van der Waals surface area (Å²) in [5.41, 5.74) is 2.39. The minimum atomic E-state index is -0.646. The Morgan fingerprint density at radius 1 is 1.03 bits per heavy atom. The van der Waals surface area contributed by atoms with E-state index in [2.05, 4.69) is 40.1 Å². The highest BCUT2D eigenvalue weighted by molar-refractivity contribution is 6.31. The lowest BCUT2D eigenvalue weighted by Gasteiger charge is -2.35. The first-order chi connectivity index (χ1) is 18.5. The van der Waals surface area contributed by atoms with Crippen LogP contribution >= 0.6 is 11.6 Å². The molecular weight excluding hydrogens is 499 g/mol. The van der Waals surface area contributed by atoms with E-state index in [1.165, 1.54) is 56.2 Å². The van der Waals surface area contributed by atoms with Crippen molar-refractivity contribution >= 4 is 17.6 Å². The zero-order chi connectivity index (χ0) is 26.5. The van der Waals surface area contributed by atoms with Gasteiger partial charge in [-0.15, -0.1) is 0 Å². The molecule has 38 heavy (non-hydrogen) atoms. The Balaban J connectivity index is 1.14. The fourth-order valence-electron chi connectivity index (χ4n) is 6.97. The second kappa shape index (κ2) is 12.9. The molecule has 3 atom stereocenters. The Kier molecular flexibility index (Phi) is 9.40. The summed E-state index contributed by atoms with van der Waals surface area (Å²) in [6.07, 6.45) is 10.0. The Morgan fingerprint density at radius 2 is 1.79 bits per heavy atom. The molecule has 0 radical (unpaired) electrons. The van der Waals surface area contributed by atoms with Crippen LogP contribution in [0.4, 0.5) is 4.39 Å². The predicted octanol–water partition coefficient (Wildman–Crippen LogP) is 6.87. The number of halogens is 2. The van der Waals surface area contributed by atoms with Gasteiger partial charge in [0.05, 0.1) is 0 Å². The van der Waals surface area contributed by atoms with Gasteiger partial charge in [-0.1, -0.05) is 73.7 Å². The number of aryl methyl sites for hydroxylation is 1. The second-order valence-corrected chi connectivity index (χ2v) is 12.4. The third kappa shape index (κ3) is 6.97. The van der Waals surface area contributed by atoms with Crippen molar-refractivity contribution in [3.63, 3.8) is 0 Å². The van der Waals surface area contributed by atoms with Crippen LogP contribution in [0.3, 0.4) is 0 Å². The number of hydrogen-bond acceptors (Lipinski definition) is 3. The molecular formula is C32H42ClFN2O2. The summed E-state index contributed by atoms with van der Waals surface area (Å²) in [6, 6.07) is 15.1. The van der Waals surface area contributed by atoms with E-state index in [0.29, 0.717) is 22.8 Å². The number of benzene rings is 2. The van der Waals surface area contributed by atoms with Crippen LogP contribution in [0.25, 0.3) is 0 Å². The van der Waals surface area contributed by atoms with E-state index in [-0.39, 0.29) is 11.9 Å². The highest BCUT2D eigenvalue weighted by Crippen LogP contribution is 2.38. The number of carbonyl (C=O) groups is 1. The zero-order valence-electron chi connectivity index (χ0n) is 22.4. The van der Waals surface area contributed by atoms with E-state index in [1.807, 2.05) is 6.07 Å². The summed E-state index contributed by atoms with van der Waals surface area (Å²) >= 11 is 6.21. The molecule has 0 bridgehead atoms. The molecule has 2 aromatic carbocycles. The van der Waals surface area contributed by atoms with Gasteiger partial charge in [-0.2, -0.15) is 0 Å². The molecule has 1 N–H and O–H groups in total. The van der Waals surface area contributed by atoms with Gasteiger partial charge in [-0.25, -0.2) is 4.39 Å². The molecule has 0 aromatic heterocycles. The van der Waals surface area contributed by atoms with Crippen LogP contribution in [-0.2, 0) is 11.2 Å². The van der Waals surface area contributed by atoms with Gasteiger partial charge in [0.2, 0.25) is 0 Å².